The van der Waals surface area contributed by atoms with Crippen molar-refractivity contribution in [3.8, 4) is 0 Å². The van der Waals surface area contributed by atoms with Crippen molar-refractivity contribution >= 4 is 29.5 Å². The van der Waals surface area contributed by atoms with Crippen LogP contribution in [0, 0.1) is 28.1 Å². The van der Waals surface area contributed by atoms with Gasteiger partial charge in [-0.1, -0.05) is 26.8 Å². The van der Waals surface area contributed by atoms with E-state index in [4.69, 9.17) is 4.74 Å². The van der Waals surface area contributed by atoms with Crippen molar-refractivity contribution in [3.63, 3.8) is 0 Å². The molecule has 0 saturated heterocycles. The zero-order chi connectivity index (χ0) is 26.0. The predicted molar refractivity (Wildman–Crippen MR) is 134 cm³/mol. The van der Waals surface area contributed by atoms with Crippen LogP contribution in [0.5, 0.6) is 0 Å². The first-order valence-corrected chi connectivity index (χ1v) is 13.2. The molecule has 192 valence electrons. The number of carboxylic acids is 1. The van der Waals surface area contributed by atoms with Crippen molar-refractivity contribution in [1.82, 2.24) is 4.98 Å². The maximum atomic E-state index is 14.3. The molecule has 1 heterocycles. The molecule has 0 amide bonds. The lowest BCUT2D eigenvalue weighted by molar-refractivity contribution is -0.191. The zero-order valence-electron chi connectivity index (χ0n) is 21.0. The molecule has 0 aliphatic heterocycles. The van der Waals surface area contributed by atoms with E-state index in [1.54, 1.807) is 18.5 Å². The summed E-state index contributed by atoms with van der Waals surface area (Å²) in [6.45, 7) is 11.5. The van der Waals surface area contributed by atoms with Crippen molar-refractivity contribution in [2.45, 2.75) is 76.9 Å². The second kappa shape index (κ2) is 10.4. The number of hydrogen-bond acceptors (Lipinski definition) is 7. The summed E-state index contributed by atoms with van der Waals surface area (Å²) < 4.78 is 6.06. The van der Waals surface area contributed by atoms with Crippen LogP contribution in [-0.4, -0.2) is 50.9 Å². The number of Topliss-reactive ketones (excluding diaryl/α,β-unsaturated/α-hetero) is 1. The third-order valence-corrected chi connectivity index (χ3v) is 9.82. The van der Waals surface area contributed by atoms with Crippen LogP contribution in [0.15, 0.2) is 42.1 Å². The Bertz CT molecular complexity index is 970. The molecule has 1 aromatic heterocycles. The molecule has 0 aromatic carbocycles. The SMILES string of the molecule is C=C[C@]1(C)C[C@@H](OC(=O)CSc2ccncc2)[C@@]2(C)C(=O)[C@](CCC(=O)O)(CCC2C)[C@@H](C)[C@@H]1O. The van der Waals surface area contributed by atoms with Crippen LogP contribution >= 0.6 is 11.8 Å². The Morgan fingerprint density at radius 1 is 1.29 bits per heavy atom. The van der Waals surface area contributed by atoms with Crippen LogP contribution in [0.2, 0.25) is 0 Å². The molecule has 1 aromatic rings. The second-order valence-corrected chi connectivity index (χ2v) is 11.7. The number of carbonyl (C=O) groups excluding carboxylic acids is 2. The summed E-state index contributed by atoms with van der Waals surface area (Å²) in [6, 6.07) is 3.62. The van der Waals surface area contributed by atoms with Gasteiger partial charge in [0.05, 0.1) is 17.3 Å². The van der Waals surface area contributed by atoms with Crippen LogP contribution in [0.4, 0.5) is 0 Å². The van der Waals surface area contributed by atoms with Gasteiger partial charge < -0.3 is 14.9 Å². The monoisotopic (exact) mass is 503 g/mol. The normalized spacial score (nSPS) is 37.1. The third kappa shape index (κ3) is 5.05. The Morgan fingerprint density at radius 2 is 1.94 bits per heavy atom. The van der Waals surface area contributed by atoms with Gasteiger partial charge in [0.1, 0.15) is 11.9 Å². The van der Waals surface area contributed by atoms with E-state index in [0.717, 1.165) is 4.90 Å². The minimum absolute atomic E-state index is 0.0740. The fourth-order valence-corrected chi connectivity index (χ4v) is 6.75. The average molecular weight is 504 g/mol. The Hall–Kier alpha value is -2.19. The first-order chi connectivity index (χ1) is 16.4. The highest BCUT2D eigenvalue weighted by Crippen LogP contribution is 2.59. The van der Waals surface area contributed by atoms with E-state index in [1.165, 1.54) is 11.8 Å². The molecule has 0 radical (unpaired) electrons. The highest BCUT2D eigenvalue weighted by atomic mass is 32.2. The van der Waals surface area contributed by atoms with E-state index < -0.39 is 46.3 Å². The number of nitrogens with zero attached hydrogens (tertiary/aromatic N) is 1. The van der Waals surface area contributed by atoms with E-state index in [0.29, 0.717) is 12.8 Å². The number of fused-ring (bicyclic) bond motifs is 2. The molecule has 2 aliphatic carbocycles. The fourth-order valence-electron chi connectivity index (χ4n) is 6.08. The number of ketones is 1. The number of aromatic nitrogens is 1. The van der Waals surface area contributed by atoms with E-state index >= 15 is 0 Å². The van der Waals surface area contributed by atoms with Crippen LogP contribution in [-0.2, 0) is 19.1 Å². The van der Waals surface area contributed by atoms with Gasteiger partial charge in [-0.05, 0) is 56.6 Å². The number of carboxylic acid groups (broad SMARTS) is 1. The Morgan fingerprint density at radius 3 is 2.54 bits per heavy atom. The van der Waals surface area contributed by atoms with Crippen LogP contribution in [0.1, 0.15) is 59.8 Å². The maximum absolute atomic E-state index is 14.3. The molecule has 3 rings (SSSR count). The highest BCUT2D eigenvalue weighted by Gasteiger charge is 2.64. The van der Waals surface area contributed by atoms with Crippen LogP contribution in [0.3, 0.4) is 0 Å². The number of rotatable bonds is 8. The molecule has 35 heavy (non-hydrogen) atoms. The van der Waals surface area contributed by atoms with Crippen LogP contribution < -0.4 is 0 Å². The van der Waals surface area contributed by atoms with Gasteiger partial charge in [0.2, 0.25) is 0 Å². The molecule has 2 N–H and O–H groups in total. The van der Waals surface area contributed by atoms with Gasteiger partial charge >= 0.3 is 11.9 Å². The number of pyridine rings is 1. The molecule has 0 spiro atoms. The molecule has 8 heteroatoms. The van der Waals surface area contributed by atoms with Gasteiger partial charge in [-0.25, -0.2) is 0 Å². The quantitative estimate of drug-likeness (QED) is 0.302. The maximum Gasteiger partial charge on any atom is 0.316 e. The third-order valence-electron chi connectivity index (χ3n) is 8.84. The molecule has 2 aliphatic rings. The number of aliphatic hydroxyl groups is 1. The Balaban J connectivity index is 1.99. The molecule has 2 saturated carbocycles. The molecule has 2 bridgehead atoms. The van der Waals surface area contributed by atoms with Crippen molar-refractivity contribution in [2.75, 3.05) is 5.75 Å². The van der Waals surface area contributed by atoms with E-state index in [2.05, 4.69) is 11.6 Å². The molecule has 7 atom stereocenters. The number of esters is 1. The first-order valence-electron chi connectivity index (χ1n) is 12.2. The van der Waals surface area contributed by atoms with Gasteiger partial charge in [-0.2, -0.15) is 0 Å². The summed E-state index contributed by atoms with van der Waals surface area (Å²) >= 11 is 1.33. The summed E-state index contributed by atoms with van der Waals surface area (Å²) in [6.07, 6.45) is 4.71. The molecule has 7 nitrogen and oxygen atoms in total. The van der Waals surface area contributed by atoms with Crippen molar-refractivity contribution in [3.05, 3.63) is 37.2 Å². The summed E-state index contributed by atoms with van der Waals surface area (Å²) in [5.41, 5.74) is -2.84. The summed E-state index contributed by atoms with van der Waals surface area (Å²) in [5, 5.41) is 20.9. The van der Waals surface area contributed by atoms with E-state index in [9.17, 15) is 24.6 Å². The lowest BCUT2D eigenvalue weighted by atomic mass is 9.46. The number of ether oxygens (including phenoxy) is 1. The fraction of sp³-hybridized carbons (Fsp3) is 0.630. The summed E-state index contributed by atoms with van der Waals surface area (Å²) in [4.78, 5) is 43.7. The van der Waals surface area contributed by atoms with Crippen molar-refractivity contribution in [1.29, 1.82) is 0 Å². The van der Waals surface area contributed by atoms with Crippen molar-refractivity contribution < 1.29 is 29.3 Å². The van der Waals surface area contributed by atoms with Gasteiger partial charge in [-0.3, -0.25) is 19.4 Å². The second-order valence-electron chi connectivity index (χ2n) is 10.7. The predicted octanol–water partition coefficient (Wildman–Crippen LogP) is 4.54. The number of aliphatic hydroxyl groups excluding tert-OH is 1. The largest absolute Gasteiger partial charge is 0.481 e. The van der Waals surface area contributed by atoms with Gasteiger partial charge in [0, 0.05) is 34.5 Å². The Kier molecular flexibility index (Phi) is 8.16. The van der Waals surface area contributed by atoms with Gasteiger partial charge in [0.15, 0.2) is 0 Å². The van der Waals surface area contributed by atoms with Crippen LogP contribution in [0.25, 0.3) is 0 Å². The van der Waals surface area contributed by atoms with Gasteiger partial charge in [-0.15, -0.1) is 18.3 Å². The number of thioether (sulfide) groups is 1. The average Bonchev–Trinajstić information content (AvgIpc) is 2.84. The topological polar surface area (TPSA) is 114 Å². The minimum atomic E-state index is -1.01. The zero-order valence-corrected chi connectivity index (χ0v) is 21.8. The number of aliphatic carboxylic acids is 1. The molecular formula is C27H37NO6S. The first kappa shape index (κ1) is 27.4. The minimum Gasteiger partial charge on any atom is -0.481 e. The molecule has 1 unspecified atom stereocenters. The lowest BCUT2D eigenvalue weighted by Gasteiger charge is -2.58. The molecule has 2 fully saturated rings. The number of hydrogen-bond donors (Lipinski definition) is 2. The number of carbonyl (C=O) groups is 3. The molecular weight excluding hydrogens is 466 g/mol. The van der Waals surface area contributed by atoms with Crippen molar-refractivity contribution in [2.24, 2.45) is 28.1 Å². The lowest BCUT2D eigenvalue weighted by Crippen LogP contribution is -2.64. The smallest absolute Gasteiger partial charge is 0.316 e. The van der Waals surface area contributed by atoms with E-state index in [-0.39, 0.29) is 36.7 Å². The van der Waals surface area contributed by atoms with E-state index in [1.807, 2.05) is 39.8 Å². The summed E-state index contributed by atoms with van der Waals surface area (Å²) in [5.74, 6) is -1.97. The Labute approximate surface area is 211 Å². The van der Waals surface area contributed by atoms with Gasteiger partial charge in [0.25, 0.3) is 0 Å². The summed E-state index contributed by atoms with van der Waals surface area (Å²) in [7, 11) is 0. The highest BCUT2D eigenvalue weighted by molar-refractivity contribution is 8.00. The standard InChI is InChI=1S/C27H37NO6S/c1-6-25(4)15-20(34-22(31)16-35-19-9-13-28-14-10-19)26(5)17(2)7-11-27(24(26)33,12-8-21(29)30)18(3)23(25)32/h6,9-10,13-14,17-18,20,23,32H,1,7-8,11-12,15-16H2,2-5H3,(H,29,30)/t17?,18-,20+,23-,25+,26-,27-/m0/s1.